The van der Waals surface area contributed by atoms with Gasteiger partial charge in [0.25, 0.3) is 5.91 Å². The van der Waals surface area contributed by atoms with Crippen LogP contribution in [0, 0.1) is 0 Å². The first-order chi connectivity index (χ1) is 21.0. The van der Waals surface area contributed by atoms with E-state index in [4.69, 9.17) is 23.9 Å². The summed E-state index contributed by atoms with van der Waals surface area (Å²) < 4.78 is 17.9. The van der Waals surface area contributed by atoms with E-state index in [0.29, 0.717) is 58.7 Å². The van der Waals surface area contributed by atoms with Crippen LogP contribution >= 0.6 is 11.8 Å². The molecule has 218 valence electrons. The summed E-state index contributed by atoms with van der Waals surface area (Å²) in [5.74, 6) is 1.78. The van der Waals surface area contributed by atoms with Crippen molar-refractivity contribution in [1.82, 2.24) is 25.0 Å². The Morgan fingerprint density at radius 1 is 0.907 bits per heavy atom. The van der Waals surface area contributed by atoms with Crippen LogP contribution in [0.4, 0.5) is 0 Å². The fraction of sp³-hybridized carbons (Fsp3) is 0.188. The van der Waals surface area contributed by atoms with E-state index in [0.717, 1.165) is 22.0 Å². The first-order valence-electron chi connectivity index (χ1n) is 13.7. The average molecular weight is 596 g/mol. The topological polar surface area (TPSA) is 120 Å². The first-order valence-corrected chi connectivity index (χ1v) is 14.6. The second-order valence-electron chi connectivity index (χ2n) is 9.73. The number of amides is 2. The largest absolute Gasteiger partial charge is 0.493 e. The van der Waals surface area contributed by atoms with Crippen molar-refractivity contribution in [2.24, 2.45) is 0 Å². The van der Waals surface area contributed by atoms with Crippen LogP contribution in [0.25, 0.3) is 27.6 Å². The number of nitrogens with zero attached hydrogens (tertiary/aromatic N) is 3. The summed E-state index contributed by atoms with van der Waals surface area (Å²) in [6.45, 7) is 0.754. The molecule has 0 fully saturated rings. The van der Waals surface area contributed by atoms with Crippen LogP contribution in [0.3, 0.4) is 0 Å². The molecule has 0 aliphatic rings. The Morgan fingerprint density at radius 2 is 1.77 bits per heavy atom. The molecule has 6 rings (SSSR count). The summed E-state index contributed by atoms with van der Waals surface area (Å²) in [5.41, 5.74) is 4.54. The molecule has 0 bridgehead atoms. The van der Waals surface area contributed by atoms with E-state index in [2.05, 4.69) is 10.6 Å². The van der Waals surface area contributed by atoms with Gasteiger partial charge in [-0.25, -0.2) is 9.97 Å². The molecule has 2 N–H and O–H groups in total. The van der Waals surface area contributed by atoms with E-state index >= 15 is 0 Å². The number of methoxy groups -OCH3 is 2. The Kier molecular flexibility index (Phi) is 8.14. The quantitative estimate of drug-likeness (QED) is 0.158. The van der Waals surface area contributed by atoms with Crippen LogP contribution in [0.1, 0.15) is 21.7 Å². The van der Waals surface area contributed by atoms with Gasteiger partial charge in [-0.1, -0.05) is 30.0 Å². The van der Waals surface area contributed by atoms with E-state index in [9.17, 15) is 9.59 Å². The lowest BCUT2D eigenvalue weighted by Crippen LogP contribution is -2.25. The van der Waals surface area contributed by atoms with Gasteiger partial charge in [-0.3, -0.25) is 14.0 Å². The monoisotopic (exact) mass is 595 g/mol. The van der Waals surface area contributed by atoms with Crippen LogP contribution in [-0.2, 0) is 17.8 Å². The lowest BCUT2D eigenvalue weighted by molar-refractivity contribution is -0.118. The number of carbonyl (C=O) groups is 2. The fourth-order valence-corrected chi connectivity index (χ4v) is 5.68. The third-order valence-electron chi connectivity index (χ3n) is 6.99. The number of furan rings is 1. The fourth-order valence-electron chi connectivity index (χ4n) is 4.84. The number of para-hydroxylation sites is 2. The van der Waals surface area contributed by atoms with Crippen molar-refractivity contribution in [2.75, 3.05) is 26.5 Å². The van der Waals surface area contributed by atoms with Crippen molar-refractivity contribution < 1.29 is 23.5 Å². The number of carbonyl (C=O) groups excluding carboxylic acids is 2. The van der Waals surface area contributed by atoms with E-state index in [1.165, 1.54) is 11.8 Å². The van der Waals surface area contributed by atoms with Gasteiger partial charge in [0.1, 0.15) is 11.4 Å². The number of benzene rings is 3. The Hall–Kier alpha value is -5.03. The van der Waals surface area contributed by atoms with Gasteiger partial charge < -0.3 is 24.5 Å². The van der Waals surface area contributed by atoms with Crippen molar-refractivity contribution in [3.63, 3.8) is 0 Å². The summed E-state index contributed by atoms with van der Waals surface area (Å²) >= 11 is 1.31. The van der Waals surface area contributed by atoms with Crippen molar-refractivity contribution in [3.05, 3.63) is 95.9 Å². The maximum Gasteiger partial charge on any atom is 0.251 e. The summed E-state index contributed by atoms with van der Waals surface area (Å²) in [5, 5.41) is 7.28. The molecule has 0 atom stereocenters. The van der Waals surface area contributed by atoms with Gasteiger partial charge in [-0.15, -0.1) is 0 Å². The Bertz CT molecular complexity index is 1940. The van der Waals surface area contributed by atoms with Gasteiger partial charge in [0.05, 0.1) is 49.3 Å². The number of rotatable bonds is 11. The van der Waals surface area contributed by atoms with E-state index in [1.54, 1.807) is 38.7 Å². The minimum Gasteiger partial charge on any atom is -0.493 e. The summed E-state index contributed by atoms with van der Waals surface area (Å²) in [6.07, 6.45) is 2.20. The number of fused-ring (bicyclic) bond motifs is 5. The zero-order valence-electron chi connectivity index (χ0n) is 23.6. The number of ether oxygens (including phenoxy) is 2. The minimum atomic E-state index is -0.205. The maximum absolute atomic E-state index is 13.1. The second-order valence-corrected chi connectivity index (χ2v) is 10.7. The molecule has 0 aliphatic heterocycles. The predicted molar refractivity (Wildman–Crippen MR) is 165 cm³/mol. The molecule has 0 unspecified atom stereocenters. The van der Waals surface area contributed by atoms with Gasteiger partial charge in [-0.05, 0) is 66.6 Å². The van der Waals surface area contributed by atoms with E-state index < -0.39 is 0 Å². The van der Waals surface area contributed by atoms with Crippen LogP contribution in [-0.4, -0.2) is 52.7 Å². The molecular weight excluding hydrogens is 566 g/mol. The molecule has 11 heteroatoms. The summed E-state index contributed by atoms with van der Waals surface area (Å²) in [4.78, 5) is 35.5. The Morgan fingerprint density at radius 3 is 2.58 bits per heavy atom. The van der Waals surface area contributed by atoms with Gasteiger partial charge in [0.15, 0.2) is 16.7 Å². The summed E-state index contributed by atoms with van der Waals surface area (Å²) in [6, 6.07) is 22.5. The van der Waals surface area contributed by atoms with Crippen molar-refractivity contribution >= 4 is 51.2 Å². The number of aromatic nitrogens is 3. The van der Waals surface area contributed by atoms with Crippen molar-refractivity contribution in [1.29, 1.82) is 0 Å². The molecule has 0 radical (unpaired) electrons. The Labute approximate surface area is 251 Å². The molecular formula is C32H29N5O5S. The number of hydrogen-bond donors (Lipinski definition) is 2. The highest BCUT2D eigenvalue weighted by atomic mass is 32.2. The first kappa shape index (κ1) is 28.1. The van der Waals surface area contributed by atoms with Crippen LogP contribution < -0.4 is 20.1 Å². The van der Waals surface area contributed by atoms with Gasteiger partial charge in [0.2, 0.25) is 5.91 Å². The minimum absolute atomic E-state index is 0.150. The molecule has 0 saturated carbocycles. The normalized spacial score (nSPS) is 11.2. The van der Waals surface area contributed by atoms with Gasteiger partial charge in [0, 0.05) is 17.5 Å². The van der Waals surface area contributed by atoms with Crippen LogP contribution in [0.15, 0.2) is 88.6 Å². The molecule has 6 aromatic rings. The number of nitrogens with one attached hydrogen (secondary N) is 2. The second kappa shape index (κ2) is 12.5. The van der Waals surface area contributed by atoms with Crippen molar-refractivity contribution in [3.8, 4) is 11.5 Å². The molecule has 43 heavy (non-hydrogen) atoms. The molecule has 0 saturated heterocycles. The zero-order chi connectivity index (χ0) is 29.8. The number of imidazole rings is 1. The Balaban J connectivity index is 1.23. The average Bonchev–Trinajstić information content (AvgIpc) is 3.70. The van der Waals surface area contributed by atoms with Gasteiger partial charge >= 0.3 is 0 Å². The molecule has 0 aliphatic carbocycles. The molecule has 10 nitrogen and oxygen atoms in total. The van der Waals surface area contributed by atoms with Gasteiger partial charge in [-0.2, -0.15) is 0 Å². The van der Waals surface area contributed by atoms with Crippen LogP contribution in [0.5, 0.6) is 11.5 Å². The van der Waals surface area contributed by atoms with E-state index in [1.807, 2.05) is 59.0 Å². The smallest absolute Gasteiger partial charge is 0.251 e. The SMILES string of the molecule is COc1ccc(CCNC(=O)c2ccc3c(c2)nc(SCC(=O)NCc2ccco2)n2c4ccccc4nc32)cc1OC. The lowest BCUT2D eigenvalue weighted by atomic mass is 10.1. The predicted octanol–water partition coefficient (Wildman–Crippen LogP) is 5.03. The highest BCUT2D eigenvalue weighted by molar-refractivity contribution is 7.99. The highest BCUT2D eigenvalue weighted by Crippen LogP contribution is 2.30. The molecule has 0 spiro atoms. The molecule has 3 heterocycles. The standard InChI is InChI=1S/C32H29N5O5S/c1-40-27-12-9-20(16-28(27)41-2)13-14-33-31(39)21-10-11-23-25(17-21)36-32(37-26-8-4-3-7-24(26)35-30(23)37)43-19-29(38)34-18-22-6-5-15-42-22/h3-12,15-17H,13-14,18-19H2,1-2H3,(H,33,39)(H,34,38). The number of hydrogen-bond acceptors (Lipinski definition) is 8. The third-order valence-corrected chi connectivity index (χ3v) is 7.93. The summed E-state index contributed by atoms with van der Waals surface area (Å²) in [7, 11) is 3.19. The third kappa shape index (κ3) is 5.98. The van der Waals surface area contributed by atoms with E-state index in [-0.39, 0.29) is 17.6 Å². The van der Waals surface area contributed by atoms with Crippen LogP contribution in [0.2, 0.25) is 0 Å². The lowest BCUT2D eigenvalue weighted by Gasteiger charge is -2.11. The van der Waals surface area contributed by atoms with Crippen molar-refractivity contribution in [2.45, 2.75) is 18.1 Å². The maximum atomic E-state index is 13.1. The zero-order valence-corrected chi connectivity index (χ0v) is 24.4. The molecule has 3 aromatic carbocycles. The number of thioether (sulfide) groups is 1. The highest BCUT2D eigenvalue weighted by Gasteiger charge is 2.17. The molecule has 3 aromatic heterocycles. The molecule has 2 amide bonds.